The van der Waals surface area contributed by atoms with Gasteiger partial charge in [-0.3, -0.25) is 4.79 Å². The molecule has 0 aromatic carbocycles. The van der Waals surface area contributed by atoms with Crippen LogP contribution in [0.2, 0.25) is 0 Å². The van der Waals surface area contributed by atoms with Crippen LogP contribution in [0, 0.1) is 0 Å². The number of rotatable bonds is 3. The Morgan fingerprint density at radius 3 is 2.84 bits per heavy atom. The van der Waals surface area contributed by atoms with Crippen molar-refractivity contribution in [3.05, 3.63) is 46.3 Å². The second-order valence-electron chi connectivity index (χ2n) is 4.42. The van der Waals surface area contributed by atoms with Crippen molar-refractivity contribution in [3.8, 4) is 0 Å². The topological polar surface area (TPSA) is 45.2 Å². The molecule has 0 radical (unpaired) electrons. The molecule has 2 aromatic heterocycles. The number of carbonyl (C=O) groups excluding carboxylic acids is 1. The molecule has 2 aromatic rings. The maximum absolute atomic E-state index is 12.5. The Morgan fingerprint density at radius 2 is 2.11 bits per heavy atom. The van der Waals surface area contributed by atoms with Gasteiger partial charge in [0.05, 0.1) is 10.4 Å². The Morgan fingerprint density at radius 1 is 1.26 bits per heavy atom. The number of nitrogens with one attached hydrogen (secondary N) is 1. The van der Waals surface area contributed by atoms with Crippen molar-refractivity contribution in [2.45, 2.75) is 0 Å². The first-order chi connectivity index (χ1) is 9.36. The zero-order chi connectivity index (χ0) is 13.1. The molecule has 0 unspecified atom stereocenters. The van der Waals surface area contributed by atoms with Gasteiger partial charge in [-0.25, -0.2) is 4.98 Å². The monoisotopic (exact) mass is 273 g/mol. The highest BCUT2D eigenvalue weighted by atomic mass is 32.1. The minimum absolute atomic E-state index is 0.0663. The van der Waals surface area contributed by atoms with Crippen LogP contribution in [-0.2, 0) is 0 Å². The maximum atomic E-state index is 12.5. The summed E-state index contributed by atoms with van der Waals surface area (Å²) in [5.74, 6) is 0.874. The van der Waals surface area contributed by atoms with Crippen LogP contribution in [0.1, 0.15) is 15.2 Å². The quantitative estimate of drug-likeness (QED) is 0.866. The van der Waals surface area contributed by atoms with E-state index in [0.717, 1.165) is 36.9 Å². The average molecular weight is 273 g/mol. The number of anilines is 1. The number of aromatic nitrogens is 1. The van der Waals surface area contributed by atoms with Gasteiger partial charge in [-0.15, -0.1) is 11.3 Å². The van der Waals surface area contributed by atoms with Crippen LogP contribution in [0.15, 0.2) is 35.8 Å². The Labute approximate surface area is 116 Å². The second kappa shape index (κ2) is 5.50. The third-order valence-electron chi connectivity index (χ3n) is 3.19. The fourth-order valence-corrected chi connectivity index (χ4v) is 2.92. The number of hydrogen-bond acceptors (Lipinski definition) is 5. The number of pyridine rings is 1. The van der Waals surface area contributed by atoms with E-state index in [4.69, 9.17) is 0 Å². The van der Waals surface area contributed by atoms with E-state index in [2.05, 4.69) is 15.2 Å². The van der Waals surface area contributed by atoms with E-state index in [9.17, 15) is 4.79 Å². The van der Waals surface area contributed by atoms with Gasteiger partial charge in [-0.05, 0) is 23.6 Å². The Bertz CT molecular complexity index is 562. The van der Waals surface area contributed by atoms with Crippen LogP contribution >= 0.6 is 11.3 Å². The van der Waals surface area contributed by atoms with Crippen LogP contribution in [0.25, 0.3) is 0 Å². The average Bonchev–Trinajstić information content (AvgIpc) is 3.02. The number of ketones is 1. The van der Waals surface area contributed by atoms with Gasteiger partial charge in [0.25, 0.3) is 0 Å². The summed E-state index contributed by atoms with van der Waals surface area (Å²) < 4.78 is 0. The molecule has 0 bridgehead atoms. The molecule has 0 aliphatic carbocycles. The van der Waals surface area contributed by atoms with Crippen LogP contribution < -0.4 is 10.2 Å². The molecule has 5 heteroatoms. The number of carbonyl (C=O) groups is 1. The fraction of sp³-hybridized carbons (Fsp3) is 0.286. The summed E-state index contributed by atoms with van der Waals surface area (Å²) in [5, 5.41) is 5.23. The summed E-state index contributed by atoms with van der Waals surface area (Å²) in [6, 6.07) is 7.46. The lowest BCUT2D eigenvalue weighted by atomic mass is 10.1. The molecule has 1 fully saturated rings. The number of hydrogen-bond donors (Lipinski definition) is 1. The third kappa shape index (κ3) is 2.52. The van der Waals surface area contributed by atoms with Gasteiger partial charge in [-0.1, -0.05) is 6.07 Å². The molecule has 1 aliphatic heterocycles. The molecule has 1 aliphatic rings. The molecule has 4 nitrogen and oxygen atoms in total. The first kappa shape index (κ1) is 12.3. The fourth-order valence-electron chi connectivity index (χ4n) is 2.24. The lowest BCUT2D eigenvalue weighted by molar-refractivity contribution is 0.104. The molecule has 19 heavy (non-hydrogen) atoms. The number of thiophene rings is 1. The SMILES string of the molecule is O=C(c1cccs1)c1cccnc1N1CCNCC1. The number of nitrogens with zero attached hydrogens (tertiary/aromatic N) is 2. The smallest absolute Gasteiger partial charge is 0.206 e. The van der Waals surface area contributed by atoms with Crippen LogP contribution in [0.3, 0.4) is 0 Å². The molecule has 3 heterocycles. The minimum atomic E-state index is 0.0663. The molecule has 1 N–H and O–H groups in total. The first-order valence-electron chi connectivity index (χ1n) is 6.35. The Balaban J connectivity index is 1.95. The minimum Gasteiger partial charge on any atom is -0.353 e. The Kier molecular flexibility index (Phi) is 3.57. The van der Waals surface area contributed by atoms with E-state index in [-0.39, 0.29) is 5.78 Å². The van der Waals surface area contributed by atoms with Gasteiger partial charge in [0, 0.05) is 32.4 Å². The van der Waals surface area contributed by atoms with E-state index in [1.165, 1.54) is 11.3 Å². The van der Waals surface area contributed by atoms with E-state index < -0.39 is 0 Å². The molecule has 0 amide bonds. The molecular formula is C14H15N3OS. The predicted molar refractivity (Wildman–Crippen MR) is 77.1 cm³/mol. The molecule has 98 valence electrons. The van der Waals surface area contributed by atoms with Crippen molar-refractivity contribution >= 4 is 22.9 Å². The van der Waals surface area contributed by atoms with E-state index in [0.29, 0.717) is 5.56 Å². The zero-order valence-electron chi connectivity index (χ0n) is 10.5. The van der Waals surface area contributed by atoms with Gasteiger partial charge < -0.3 is 10.2 Å². The highest BCUT2D eigenvalue weighted by Gasteiger charge is 2.20. The lowest BCUT2D eigenvalue weighted by Gasteiger charge is -2.29. The van der Waals surface area contributed by atoms with Gasteiger partial charge in [0.15, 0.2) is 0 Å². The van der Waals surface area contributed by atoms with Crippen LogP contribution in [0.5, 0.6) is 0 Å². The van der Waals surface area contributed by atoms with Gasteiger partial charge in [0.2, 0.25) is 5.78 Å². The molecular weight excluding hydrogens is 258 g/mol. The molecule has 0 atom stereocenters. The Hall–Kier alpha value is -1.72. The van der Waals surface area contributed by atoms with Gasteiger partial charge >= 0.3 is 0 Å². The zero-order valence-corrected chi connectivity index (χ0v) is 11.3. The van der Waals surface area contributed by atoms with Gasteiger partial charge in [0.1, 0.15) is 5.82 Å². The standard InChI is InChI=1S/C14H15N3OS/c18-13(12-4-2-10-19-12)11-3-1-5-16-14(11)17-8-6-15-7-9-17/h1-5,10,15H,6-9H2. The van der Waals surface area contributed by atoms with Crippen molar-refractivity contribution in [1.29, 1.82) is 0 Å². The molecule has 1 saturated heterocycles. The summed E-state index contributed by atoms with van der Waals surface area (Å²) in [6.45, 7) is 3.65. The van der Waals surface area contributed by atoms with E-state index in [1.807, 2.05) is 29.6 Å². The summed E-state index contributed by atoms with van der Waals surface area (Å²) in [7, 11) is 0. The van der Waals surface area contributed by atoms with Crippen molar-refractivity contribution in [1.82, 2.24) is 10.3 Å². The predicted octanol–water partition coefficient (Wildman–Crippen LogP) is 1.78. The highest BCUT2D eigenvalue weighted by molar-refractivity contribution is 7.12. The second-order valence-corrected chi connectivity index (χ2v) is 5.37. The van der Waals surface area contributed by atoms with Crippen LogP contribution in [-0.4, -0.2) is 36.9 Å². The van der Waals surface area contributed by atoms with E-state index in [1.54, 1.807) is 6.20 Å². The normalized spacial score (nSPS) is 15.5. The highest BCUT2D eigenvalue weighted by Crippen LogP contribution is 2.23. The summed E-state index contributed by atoms with van der Waals surface area (Å²) in [5.41, 5.74) is 0.701. The third-order valence-corrected chi connectivity index (χ3v) is 4.06. The van der Waals surface area contributed by atoms with Crippen molar-refractivity contribution in [2.24, 2.45) is 0 Å². The van der Waals surface area contributed by atoms with E-state index >= 15 is 0 Å². The molecule has 3 rings (SSSR count). The lowest BCUT2D eigenvalue weighted by Crippen LogP contribution is -2.44. The van der Waals surface area contributed by atoms with Crippen molar-refractivity contribution in [2.75, 3.05) is 31.1 Å². The summed E-state index contributed by atoms with van der Waals surface area (Å²) in [4.78, 5) is 19.9. The largest absolute Gasteiger partial charge is 0.353 e. The maximum Gasteiger partial charge on any atom is 0.206 e. The van der Waals surface area contributed by atoms with Crippen LogP contribution in [0.4, 0.5) is 5.82 Å². The summed E-state index contributed by atoms with van der Waals surface area (Å²) in [6.07, 6.45) is 1.75. The van der Waals surface area contributed by atoms with Crippen molar-refractivity contribution in [3.63, 3.8) is 0 Å². The van der Waals surface area contributed by atoms with Gasteiger partial charge in [-0.2, -0.15) is 0 Å². The first-order valence-corrected chi connectivity index (χ1v) is 7.23. The summed E-state index contributed by atoms with van der Waals surface area (Å²) >= 11 is 1.47. The number of piperazine rings is 1. The molecule has 0 saturated carbocycles. The van der Waals surface area contributed by atoms with Crippen molar-refractivity contribution < 1.29 is 4.79 Å². The molecule has 0 spiro atoms.